The van der Waals surface area contributed by atoms with Crippen LogP contribution in [-0.2, 0) is 21.1 Å². The number of nitrogens with zero attached hydrogens (tertiary/aromatic N) is 3. The summed E-state index contributed by atoms with van der Waals surface area (Å²) in [4.78, 5) is 10.3. The summed E-state index contributed by atoms with van der Waals surface area (Å²) in [5.74, 6) is 0.894. The van der Waals surface area contributed by atoms with Crippen LogP contribution >= 0.6 is 0 Å². The van der Waals surface area contributed by atoms with Gasteiger partial charge in [-0.25, -0.2) is 4.98 Å². The van der Waals surface area contributed by atoms with Crippen molar-refractivity contribution in [1.82, 2.24) is 14.5 Å². The van der Waals surface area contributed by atoms with Crippen LogP contribution in [0.15, 0.2) is 128 Å². The number of phenolic OH excluding ortho intramolecular Hbond substituents is 1. The number of para-hydroxylation sites is 2. The van der Waals surface area contributed by atoms with Gasteiger partial charge in [0.25, 0.3) is 0 Å². The molecule has 4 nitrogen and oxygen atoms in total. The van der Waals surface area contributed by atoms with Crippen molar-refractivity contribution >= 4 is 21.9 Å². The Labute approximate surface area is 301 Å². The number of hydrogen-bond donors (Lipinski definition) is 1. The Kier molecular flexibility index (Phi) is 8.52. The minimum absolute atomic E-state index is 0. The smallest absolute Gasteiger partial charge is 0.148 e. The Morgan fingerprint density at radius 2 is 1.24 bits per heavy atom. The Morgan fingerprint density at radius 1 is 0.592 bits per heavy atom. The van der Waals surface area contributed by atoms with Crippen molar-refractivity contribution in [3.8, 4) is 56.2 Å². The first kappa shape index (κ1) is 32.2. The molecular weight excluding hydrogens is 782 g/mol. The number of phenols is 1. The number of aromatic hydroxyl groups is 1. The van der Waals surface area contributed by atoms with Gasteiger partial charge in [-0.2, -0.15) is 0 Å². The second-order valence-electron chi connectivity index (χ2n) is 12.7. The second kappa shape index (κ2) is 13.0. The van der Waals surface area contributed by atoms with Gasteiger partial charge < -0.3 is 5.11 Å². The fraction of sp³-hybridized carbons (Fsp3) is 0.0909. The number of rotatable bonds is 5. The first-order chi connectivity index (χ1) is 23.4. The van der Waals surface area contributed by atoms with Crippen molar-refractivity contribution in [3.05, 3.63) is 156 Å². The zero-order chi connectivity index (χ0) is 32.9. The number of pyridine rings is 1. The first-order valence-corrected chi connectivity index (χ1v) is 16.2. The maximum atomic E-state index is 11.0. The van der Waals surface area contributed by atoms with Crippen molar-refractivity contribution in [1.29, 1.82) is 0 Å². The van der Waals surface area contributed by atoms with E-state index in [4.69, 9.17) is 9.97 Å². The molecule has 0 saturated carbocycles. The molecule has 8 aromatic rings. The van der Waals surface area contributed by atoms with Gasteiger partial charge in [-0.3, -0.25) is 9.55 Å². The van der Waals surface area contributed by atoms with Crippen LogP contribution in [0.4, 0.5) is 0 Å². The van der Waals surface area contributed by atoms with Gasteiger partial charge in [-0.15, -0.1) is 35.4 Å². The van der Waals surface area contributed by atoms with E-state index in [-0.39, 0.29) is 26.8 Å². The summed E-state index contributed by atoms with van der Waals surface area (Å²) in [5, 5.41) is 12.1. The van der Waals surface area contributed by atoms with E-state index in [0.29, 0.717) is 11.4 Å². The molecule has 1 N–H and O–H groups in total. The molecule has 2 heterocycles. The minimum atomic E-state index is 0. The van der Waals surface area contributed by atoms with Crippen molar-refractivity contribution < 1.29 is 26.2 Å². The van der Waals surface area contributed by atoms with E-state index in [2.05, 4.69) is 129 Å². The fourth-order valence-electron chi connectivity index (χ4n) is 7.09. The van der Waals surface area contributed by atoms with Gasteiger partial charge in [0, 0.05) is 38.3 Å². The molecule has 0 radical (unpaired) electrons. The predicted octanol–water partition coefficient (Wildman–Crippen LogP) is 11.0. The SMILES string of the molecule is Cc1cc(C)c(-n2c(-c3ccccc3O)nc3c(-c4[c-]c(-c5cc(C)cc6cc(-c7ccccc7)cnc56)ccc4)cccc32)c(C)c1.[Pt]. The summed E-state index contributed by atoms with van der Waals surface area (Å²) in [7, 11) is 0. The summed E-state index contributed by atoms with van der Waals surface area (Å²) in [6.07, 6.45) is 1.96. The molecule has 0 aliphatic carbocycles. The molecule has 0 spiro atoms. The summed E-state index contributed by atoms with van der Waals surface area (Å²) in [6.45, 7) is 8.53. The van der Waals surface area contributed by atoms with Crippen molar-refractivity contribution in [3.63, 3.8) is 0 Å². The molecule has 0 saturated heterocycles. The molecule has 2 aromatic heterocycles. The van der Waals surface area contributed by atoms with E-state index in [1.54, 1.807) is 6.07 Å². The monoisotopic (exact) mass is 815 g/mol. The van der Waals surface area contributed by atoms with Crippen LogP contribution in [0.1, 0.15) is 22.3 Å². The van der Waals surface area contributed by atoms with Crippen molar-refractivity contribution in [2.75, 3.05) is 0 Å². The van der Waals surface area contributed by atoms with Gasteiger partial charge in [0.2, 0.25) is 0 Å². The topological polar surface area (TPSA) is 50.9 Å². The van der Waals surface area contributed by atoms with Gasteiger partial charge in [0.05, 0.1) is 22.3 Å². The van der Waals surface area contributed by atoms with Gasteiger partial charge in [-0.1, -0.05) is 101 Å². The molecule has 5 heteroatoms. The van der Waals surface area contributed by atoms with Gasteiger partial charge >= 0.3 is 0 Å². The summed E-state index contributed by atoms with van der Waals surface area (Å²) >= 11 is 0. The van der Waals surface area contributed by atoms with Gasteiger partial charge in [-0.05, 0) is 74.0 Å². The minimum Gasteiger partial charge on any atom is -0.507 e. The molecule has 0 aliphatic heterocycles. The zero-order valence-corrected chi connectivity index (χ0v) is 30.0. The Hall–Kier alpha value is -5.31. The number of aryl methyl sites for hydroxylation is 4. The van der Waals surface area contributed by atoms with E-state index in [0.717, 1.165) is 72.1 Å². The first-order valence-electron chi connectivity index (χ1n) is 16.2. The third-order valence-corrected chi connectivity index (χ3v) is 9.10. The van der Waals surface area contributed by atoms with Crippen LogP contribution in [0, 0.1) is 33.8 Å². The number of benzene rings is 6. The molecule has 0 atom stereocenters. The maximum Gasteiger partial charge on any atom is 0.148 e. The van der Waals surface area contributed by atoms with E-state index in [1.807, 2.05) is 30.5 Å². The number of aromatic nitrogens is 3. The van der Waals surface area contributed by atoms with Crippen LogP contribution in [0.2, 0.25) is 0 Å². The summed E-state index contributed by atoms with van der Waals surface area (Å²) in [6, 6.07) is 45.2. The average Bonchev–Trinajstić information content (AvgIpc) is 3.47. The van der Waals surface area contributed by atoms with E-state index in [1.165, 1.54) is 11.1 Å². The number of imidazole rings is 1. The average molecular weight is 816 g/mol. The molecule has 8 rings (SSSR count). The molecule has 49 heavy (non-hydrogen) atoms. The molecule has 0 amide bonds. The Morgan fingerprint density at radius 3 is 2.00 bits per heavy atom. The quantitative estimate of drug-likeness (QED) is 0.176. The maximum absolute atomic E-state index is 11.0. The van der Waals surface area contributed by atoms with Crippen LogP contribution in [0.5, 0.6) is 5.75 Å². The van der Waals surface area contributed by atoms with Gasteiger partial charge in [0.15, 0.2) is 0 Å². The Bertz CT molecular complexity index is 2490. The third-order valence-electron chi connectivity index (χ3n) is 9.10. The van der Waals surface area contributed by atoms with Crippen LogP contribution < -0.4 is 0 Å². The standard InChI is InChI=1S/C44H34N3O.Pt/c1-27-20-29(3)43(30(4)21-27)47-39-18-11-17-36(42(39)46-44(47)37-16-8-9-19-40(37)48)32-14-10-15-33(24-32)38-23-28(2)22-34-25-35(26-45-41(34)38)31-12-6-5-7-13-31;/h5-23,25-26,48H,1-4H3;/q-1;. The summed E-state index contributed by atoms with van der Waals surface area (Å²) in [5.41, 5.74) is 15.4. The molecule has 242 valence electrons. The van der Waals surface area contributed by atoms with Crippen molar-refractivity contribution in [2.24, 2.45) is 0 Å². The molecule has 0 bridgehead atoms. The van der Waals surface area contributed by atoms with E-state index in [9.17, 15) is 5.11 Å². The second-order valence-corrected chi connectivity index (χ2v) is 12.7. The van der Waals surface area contributed by atoms with Gasteiger partial charge in [0.1, 0.15) is 11.6 Å². The fourth-order valence-corrected chi connectivity index (χ4v) is 7.09. The summed E-state index contributed by atoms with van der Waals surface area (Å²) < 4.78 is 2.20. The van der Waals surface area contributed by atoms with E-state index < -0.39 is 0 Å². The normalized spacial score (nSPS) is 11.2. The largest absolute Gasteiger partial charge is 0.507 e. The molecule has 0 fully saturated rings. The Balaban J connectivity index is 0.00000378. The zero-order valence-electron chi connectivity index (χ0n) is 27.7. The van der Waals surface area contributed by atoms with Crippen LogP contribution in [0.25, 0.3) is 72.4 Å². The van der Waals surface area contributed by atoms with Crippen LogP contribution in [-0.4, -0.2) is 19.6 Å². The number of hydrogen-bond acceptors (Lipinski definition) is 3. The molecular formula is C44H34N3OPt-. The van der Waals surface area contributed by atoms with E-state index >= 15 is 0 Å². The third kappa shape index (κ3) is 5.77. The molecule has 0 aliphatic rings. The molecule has 6 aromatic carbocycles. The molecule has 0 unspecified atom stereocenters. The van der Waals surface area contributed by atoms with Crippen LogP contribution in [0.3, 0.4) is 0 Å². The predicted molar refractivity (Wildman–Crippen MR) is 198 cm³/mol. The number of fused-ring (bicyclic) bond motifs is 2. The van der Waals surface area contributed by atoms with Crippen molar-refractivity contribution in [2.45, 2.75) is 27.7 Å².